The number of hydrogen-bond donors (Lipinski definition) is 1. The SMILES string of the molecule is O=C(Nc1ccc(Br)cc1)[C@H]1CCCN(C(=O)c2ccco2)C1. The van der Waals surface area contributed by atoms with E-state index >= 15 is 0 Å². The van der Waals surface area contributed by atoms with Gasteiger partial charge in [0, 0.05) is 23.2 Å². The van der Waals surface area contributed by atoms with E-state index in [4.69, 9.17) is 4.42 Å². The van der Waals surface area contributed by atoms with E-state index in [1.807, 2.05) is 24.3 Å². The van der Waals surface area contributed by atoms with Crippen LogP contribution in [0.3, 0.4) is 0 Å². The Morgan fingerprint density at radius 3 is 2.70 bits per heavy atom. The van der Waals surface area contributed by atoms with Crippen molar-refractivity contribution in [2.45, 2.75) is 12.8 Å². The van der Waals surface area contributed by atoms with Gasteiger partial charge in [0.15, 0.2) is 5.76 Å². The number of piperidine rings is 1. The first-order chi connectivity index (χ1) is 11.1. The monoisotopic (exact) mass is 376 g/mol. The van der Waals surface area contributed by atoms with Crippen LogP contribution in [0.2, 0.25) is 0 Å². The number of hydrogen-bond acceptors (Lipinski definition) is 3. The van der Waals surface area contributed by atoms with Gasteiger partial charge in [-0.15, -0.1) is 0 Å². The Labute approximate surface area is 142 Å². The number of benzene rings is 1. The maximum Gasteiger partial charge on any atom is 0.289 e. The predicted molar refractivity (Wildman–Crippen MR) is 90.1 cm³/mol. The third-order valence-electron chi connectivity index (χ3n) is 3.92. The highest BCUT2D eigenvalue weighted by atomic mass is 79.9. The number of amides is 2. The molecule has 1 aliphatic heterocycles. The fourth-order valence-corrected chi connectivity index (χ4v) is 2.97. The Morgan fingerprint density at radius 2 is 2.00 bits per heavy atom. The number of carbonyl (C=O) groups is 2. The number of nitrogens with one attached hydrogen (secondary N) is 1. The highest BCUT2D eigenvalue weighted by Crippen LogP contribution is 2.21. The molecule has 0 unspecified atom stereocenters. The highest BCUT2D eigenvalue weighted by molar-refractivity contribution is 9.10. The molecule has 0 radical (unpaired) electrons. The molecular formula is C17H17BrN2O3. The molecule has 1 N–H and O–H groups in total. The molecule has 0 aliphatic carbocycles. The van der Waals surface area contributed by atoms with Crippen molar-refractivity contribution in [3.8, 4) is 0 Å². The largest absolute Gasteiger partial charge is 0.459 e. The first-order valence-corrected chi connectivity index (χ1v) is 8.32. The van der Waals surface area contributed by atoms with E-state index in [0.717, 1.165) is 23.0 Å². The summed E-state index contributed by atoms with van der Waals surface area (Å²) in [4.78, 5) is 26.4. The average molecular weight is 377 g/mol. The summed E-state index contributed by atoms with van der Waals surface area (Å²) in [6.45, 7) is 1.07. The topological polar surface area (TPSA) is 62.6 Å². The van der Waals surface area contributed by atoms with Crippen LogP contribution in [-0.4, -0.2) is 29.8 Å². The zero-order valence-corrected chi connectivity index (χ0v) is 14.1. The van der Waals surface area contributed by atoms with Crippen molar-refractivity contribution >= 4 is 33.4 Å². The summed E-state index contributed by atoms with van der Waals surface area (Å²) in [5.41, 5.74) is 0.757. The third kappa shape index (κ3) is 3.82. The van der Waals surface area contributed by atoms with Crippen molar-refractivity contribution in [3.05, 3.63) is 52.9 Å². The van der Waals surface area contributed by atoms with Gasteiger partial charge in [-0.05, 0) is 49.2 Å². The van der Waals surface area contributed by atoms with Gasteiger partial charge in [0.25, 0.3) is 5.91 Å². The van der Waals surface area contributed by atoms with Crippen molar-refractivity contribution in [1.82, 2.24) is 4.90 Å². The van der Waals surface area contributed by atoms with E-state index in [1.165, 1.54) is 6.26 Å². The third-order valence-corrected chi connectivity index (χ3v) is 4.45. The van der Waals surface area contributed by atoms with Crippen LogP contribution in [0.1, 0.15) is 23.4 Å². The molecule has 1 aliphatic rings. The smallest absolute Gasteiger partial charge is 0.289 e. The lowest BCUT2D eigenvalue weighted by atomic mass is 9.96. The van der Waals surface area contributed by atoms with Crippen molar-refractivity contribution in [3.63, 3.8) is 0 Å². The fourth-order valence-electron chi connectivity index (χ4n) is 2.71. The molecule has 0 spiro atoms. The molecule has 1 atom stereocenters. The molecule has 23 heavy (non-hydrogen) atoms. The molecule has 6 heteroatoms. The molecule has 3 rings (SSSR count). The summed E-state index contributed by atoms with van der Waals surface area (Å²) in [5.74, 6) is -0.0920. The van der Waals surface area contributed by atoms with Gasteiger partial charge in [-0.3, -0.25) is 9.59 Å². The average Bonchev–Trinajstić information content (AvgIpc) is 3.11. The standard InChI is InChI=1S/C17H17BrN2O3/c18-13-5-7-14(8-6-13)19-16(21)12-3-1-9-20(11-12)17(22)15-4-2-10-23-15/h2,4-8,10,12H,1,3,9,11H2,(H,19,21)/t12-/m0/s1. The summed E-state index contributed by atoms with van der Waals surface area (Å²) in [5, 5.41) is 2.91. The number of anilines is 1. The molecule has 0 saturated carbocycles. The minimum atomic E-state index is -0.202. The number of likely N-dealkylation sites (tertiary alicyclic amines) is 1. The van der Waals surface area contributed by atoms with Gasteiger partial charge in [-0.1, -0.05) is 15.9 Å². The Hall–Kier alpha value is -2.08. The van der Waals surface area contributed by atoms with Gasteiger partial charge < -0.3 is 14.6 Å². The summed E-state index contributed by atoms with van der Waals surface area (Å²) in [6.07, 6.45) is 3.07. The number of halogens is 1. The zero-order chi connectivity index (χ0) is 16.2. The van der Waals surface area contributed by atoms with Gasteiger partial charge in [0.1, 0.15) is 0 Å². The molecule has 5 nitrogen and oxygen atoms in total. The van der Waals surface area contributed by atoms with Crippen molar-refractivity contribution < 1.29 is 14.0 Å². The van der Waals surface area contributed by atoms with E-state index in [1.54, 1.807) is 17.0 Å². The number of rotatable bonds is 3. The van der Waals surface area contributed by atoms with Gasteiger partial charge in [-0.2, -0.15) is 0 Å². The second-order valence-electron chi connectivity index (χ2n) is 5.56. The van der Waals surface area contributed by atoms with Crippen LogP contribution in [0, 0.1) is 5.92 Å². The Morgan fingerprint density at radius 1 is 1.22 bits per heavy atom. The van der Waals surface area contributed by atoms with Gasteiger partial charge in [-0.25, -0.2) is 0 Å². The lowest BCUT2D eigenvalue weighted by Crippen LogP contribution is -2.43. The van der Waals surface area contributed by atoms with E-state index in [0.29, 0.717) is 18.8 Å². The Kier molecular flexibility index (Phi) is 4.81. The van der Waals surface area contributed by atoms with Crippen LogP contribution in [0.5, 0.6) is 0 Å². The number of nitrogens with zero attached hydrogens (tertiary/aromatic N) is 1. The van der Waals surface area contributed by atoms with Crippen molar-refractivity contribution in [2.24, 2.45) is 5.92 Å². The molecule has 1 aromatic carbocycles. The molecular weight excluding hydrogens is 360 g/mol. The van der Waals surface area contributed by atoms with Crippen LogP contribution in [0.4, 0.5) is 5.69 Å². The number of carbonyl (C=O) groups excluding carboxylic acids is 2. The van der Waals surface area contributed by atoms with Crippen LogP contribution >= 0.6 is 15.9 Å². The summed E-state index contributed by atoms with van der Waals surface area (Å²) >= 11 is 3.37. The van der Waals surface area contributed by atoms with Crippen LogP contribution in [-0.2, 0) is 4.79 Å². The normalized spacial score (nSPS) is 17.8. The van der Waals surface area contributed by atoms with Crippen molar-refractivity contribution in [1.29, 1.82) is 0 Å². The second kappa shape index (κ2) is 7.00. The fraction of sp³-hybridized carbons (Fsp3) is 0.294. The first-order valence-electron chi connectivity index (χ1n) is 7.52. The molecule has 1 aromatic heterocycles. The summed E-state index contributed by atoms with van der Waals surface area (Å²) in [7, 11) is 0. The maximum atomic E-state index is 12.4. The molecule has 0 bridgehead atoms. The first kappa shape index (κ1) is 15.8. The summed E-state index contributed by atoms with van der Waals surface area (Å²) < 4.78 is 6.12. The quantitative estimate of drug-likeness (QED) is 0.890. The molecule has 1 fully saturated rings. The molecule has 2 heterocycles. The van der Waals surface area contributed by atoms with E-state index < -0.39 is 0 Å². The van der Waals surface area contributed by atoms with Gasteiger partial charge in [0.05, 0.1) is 12.2 Å². The zero-order valence-electron chi connectivity index (χ0n) is 12.5. The van der Waals surface area contributed by atoms with Crippen LogP contribution in [0.25, 0.3) is 0 Å². The second-order valence-corrected chi connectivity index (χ2v) is 6.48. The lowest BCUT2D eigenvalue weighted by molar-refractivity contribution is -0.121. The molecule has 1 saturated heterocycles. The minimum absolute atomic E-state index is 0.0516. The van der Waals surface area contributed by atoms with Crippen LogP contribution in [0.15, 0.2) is 51.6 Å². The van der Waals surface area contributed by atoms with E-state index in [-0.39, 0.29) is 17.7 Å². The summed E-state index contributed by atoms with van der Waals surface area (Å²) in [6, 6.07) is 10.8. The van der Waals surface area contributed by atoms with Gasteiger partial charge >= 0.3 is 0 Å². The number of furan rings is 1. The Balaban J connectivity index is 1.62. The minimum Gasteiger partial charge on any atom is -0.459 e. The highest BCUT2D eigenvalue weighted by Gasteiger charge is 2.29. The van der Waals surface area contributed by atoms with E-state index in [2.05, 4.69) is 21.2 Å². The predicted octanol–water partition coefficient (Wildman–Crippen LogP) is 3.53. The Bertz CT molecular complexity index is 682. The van der Waals surface area contributed by atoms with Crippen LogP contribution < -0.4 is 5.32 Å². The lowest BCUT2D eigenvalue weighted by Gasteiger charge is -2.31. The van der Waals surface area contributed by atoms with E-state index in [9.17, 15) is 9.59 Å². The maximum absolute atomic E-state index is 12.4. The van der Waals surface area contributed by atoms with Gasteiger partial charge in [0.2, 0.25) is 5.91 Å². The van der Waals surface area contributed by atoms with Crippen molar-refractivity contribution in [2.75, 3.05) is 18.4 Å². The molecule has 120 valence electrons. The molecule has 2 aromatic rings. The molecule has 2 amide bonds.